The molecule has 0 saturated carbocycles. The number of unbranched alkanes of at least 4 members (excludes halogenated alkanes) is 1. The summed E-state index contributed by atoms with van der Waals surface area (Å²) in [4.78, 5) is 48.3. The second kappa shape index (κ2) is 11.0. The van der Waals surface area contributed by atoms with Crippen LogP contribution in [0.3, 0.4) is 0 Å². The Bertz CT molecular complexity index is 961. The van der Waals surface area contributed by atoms with E-state index in [1.165, 1.54) is 11.8 Å². The number of carbonyl (C=O) groups excluding carboxylic acids is 3. The summed E-state index contributed by atoms with van der Waals surface area (Å²) in [6.07, 6.45) is 5.75. The average Bonchev–Trinajstić information content (AvgIpc) is 3.19. The fraction of sp³-hybridized carbons (Fsp3) is 0.542. The van der Waals surface area contributed by atoms with Crippen molar-refractivity contribution in [1.82, 2.24) is 20.9 Å². The van der Waals surface area contributed by atoms with Gasteiger partial charge in [0, 0.05) is 5.75 Å². The number of rotatable bonds is 4. The van der Waals surface area contributed by atoms with Gasteiger partial charge in [0.2, 0.25) is 17.7 Å². The number of hydrogen-bond donors (Lipinski definition) is 3. The molecule has 0 fully saturated rings. The number of fused-ring (bicyclic) bond motifs is 4. The van der Waals surface area contributed by atoms with Gasteiger partial charge in [-0.1, -0.05) is 45.4 Å². The molecule has 2 aliphatic rings. The van der Waals surface area contributed by atoms with Crippen molar-refractivity contribution in [3.8, 4) is 0 Å². The molecule has 3 heterocycles. The zero-order chi connectivity index (χ0) is 24.0. The third-order valence-corrected chi connectivity index (χ3v) is 6.89. The maximum atomic E-state index is 13.2. The highest BCUT2D eigenvalue weighted by molar-refractivity contribution is 8.14. The van der Waals surface area contributed by atoms with E-state index in [-0.39, 0.29) is 36.6 Å². The van der Waals surface area contributed by atoms with Gasteiger partial charge in [0.05, 0.1) is 30.4 Å². The number of allylic oxidation sites excluding steroid dienone is 1. The predicted molar refractivity (Wildman–Crippen MR) is 131 cm³/mol. The highest BCUT2D eigenvalue weighted by atomic mass is 32.2. The molecule has 0 saturated heterocycles. The lowest BCUT2D eigenvalue weighted by Gasteiger charge is -2.27. The molecule has 0 aliphatic carbocycles. The smallest absolute Gasteiger partial charge is 0.249 e. The van der Waals surface area contributed by atoms with Crippen LogP contribution in [0, 0.1) is 5.92 Å². The van der Waals surface area contributed by atoms with Crippen molar-refractivity contribution < 1.29 is 14.4 Å². The summed E-state index contributed by atoms with van der Waals surface area (Å²) in [7, 11) is 0. The number of aromatic nitrogens is 1. The number of nitrogens with zero attached hydrogens (tertiary/aromatic N) is 2. The van der Waals surface area contributed by atoms with Gasteiger partial charge in [-0.3, -0.25) is 19.4 Å². The van der Waals surface area contributed by atoms with Crippen molar-refractivity contribution in [3.63, 3.8) is 0 Å². The number of amides is 3. The Morgan fingerprint density at radius 2 is 2.03 bits per heavy atom. The topological polar surface area (TPSA) is 113 Å². The predicted octanol–water partition coefficient (Wildman–Crippen LogP) is 2.34. The standard InChI is InChI=1S/C24H33N5O3S/c1-5-6-7-9-16-12-19(30)25-13-17-10-8-11-18(26-17)22-29-24(4,14-33-22)23(32)28-20(15(2)3)21(31)27-16/h7-11,15-16,20H,5-6,12-14H2,1-4H3,(H,25,30)(H,27,31)(H,28,32)/b9-7+/t16?,20?,24-/m0/s1. The van der Waals surface area contributed by atoms with Crippen LogP contribution in [-0.2, 0) is 20.9 Å². The number of pyridine rings is 1. The zero-order valence-electron chi connectivity index (χ0n) is 19.7. The molecule has 2 unspecified atom stereocenters. The summed E-state index contributed by atoms with van der Waals surface area (Å²) in [5.41, 5.74) is 0.391. The van der Waals surface area contributed by atoms with E-state index in [0.29, 0.717) is 22.2 Å². The van der Waals surface area contributed by atoms with Gasteiger partial charge in [-0.25, -0.2) is 4.98 Å². The molecule has 4 bridgehead atoms. The van der Waals surface area contributed by atoms with Crippen molar-refractivity contribution in [2.45, 2.75) is 71.1 Å². The highest BCUT2D eigenvalue weighted by Crippen LogP contribution is 2.31. The quantitative estimate of drug-likeness (QED) is 0.584. The summed E-state index contributed by atoms with van der Waals surface area (Å²) >= 11 is 1.47. The van der Waals surface area contributed by atoms with E-state index in [9.17, 15) is 14.4 Å². The van der Waals surface area contributed by atoms with Gasteiger partial charge >= 0.3 is 0 Å². The normalized spacial score (nSPS) is 26.7. The summed E-state index contributed by atoms with van der Waals surface area (Å²) in [5.74, 6) is -0.467. The molecular formula is C24H33N5O3S. The van der Waals surface area contributed by atoms with Crippen LogP contribution in [0.1, 0.15) is 58.3 Å². The Morgan fingerprint density at radius 1 is 1.24 bits per heavy atom. The van der Waals surface area contributed by atoms with Gasteiger partial charge in [0.25, 0.3) is 0 Å². The molecule has 2 aliphatic heterocycles. The first kappa shape index (κ1) is 25.0. The van der Waals surface area contributed by atoms with Crippen molar-refractivity contribution in [1.29, 1.82) is 0 Å². The van der Waals surface area contributed by atoms with Gasteiger partial charge in [0.1, 0.15) is 16.6 Å². The number of thioether (sulfide) groups is 1. The molecule has 3 amide bonds. The molecule has 0 radical (unpaired) electrons. The second-order valence-electron chi connectivity index (χ2n) is 9.00. The Balaban J connectivity index is 1.95. The van der Waals surface area contributed by atoms with E-state index in [1.807, 2.05) is 44.2 Å². The van der Waals surface area contributed by atoms with Crippen LogP contribution in [0.2, 0.25) is 0 Å². The van der Waals surface area contributed by atoms with E-state index in [2.05, 4.69) is 32.9 Å². The zero-order valence-corrected chi connectivity index (χ0v) is 20.5. The number of hydrogen-bond acceptors (Lipinski definition) is 6. The molecule has 33 heavy (non-hydrogen) atoms. The Kier molecular flexibility index (Phi) is 8.29. The van der Waals surface area contributed by atoms with Crippen molar-refractivity contribution in [3.05, 3.63) is 41.7 Å². The molecule has 178 valence electrons. The third kappa shape index (κ3) is 6.43. The lowest BCUT2D eigenvalue weighted by atomic mass is 9.99. The van der Waals surface area contributed by atoms with Crippen LogP contribution in [0.5, 0.6) is 0 Å². The molecule has 9 heteroatoms. The van der Waals surface area contributed by atoms with E-state index in [1.54, 1.807) is 6.92 Å². The first-order chi connectivity index (χ1) is 15.7. The van der Waals surface area contributed by atoms with Crippen LogP contribution in [0.25, 0.3) is 0 Å². The van der Waals surface area contributed by atoms with Gasteiger partial charge in [-0.15, -0.1) is 11.8 Å². The van der Waals surface area contributed by atoms with Crippen molar-refractivity contribution in [2.75, 3.05) is 5.75 Å². The molecule has 3 rings (SSSR count). The number of aliphatic imine (C=N–C) groups is 1. The molecule has 1 aromatic heterocycles. The Hall–Kier alpha value is -2.68. The SMILES string of the molecule is CCC/C=C/C1CC(=O)NCc2cccc(n2)C2=N[C@@](C)(CS2)C(=O)NC(C(C)C)C(=O)N1. The fourth-order valence-corrected chi connectivity index (χ4v) is 4.74. The summed E-state index contributed by atoms with van der Waals surface area (Å²) < 4.78 is 0. The van der Waals surface area contributed by atoms with Crippen LogP contribution >= 0.6 is 11.8 Å². The molecular weight excluding hydrogens is 438 g/mol. The molecule has 0 aromatic carbocycles. The van der Waals surface area contributed by atoms with Crippen molar-refractivity contribution >= 4 is 34.5 Å². The summed E-state index contributed by atoms with van der Waals surface area (Å²) in [5, 5.41) is 9.43. The van der Waals surface area contributed by atoms with Crippen LogP contribution in [0.15, 0.2) is 35.3 Å². The van der Waals surface area contributed by atoms with Gasteiger partial charge in [0.15, 0.2) is 0 Å². The summed E-state index contributed by atoms with van der Waals surface area (Å²) in [6, 6.07) is 4.35. The van der Waals surface area contributed by atoms with Gasteiger partial charge in [-0.2, -0.15) is 0 Å². The van der Waals surface area contributed by atoms with Crippen LogP contribution in [0.4, 0.5) is 0 Å². The van der Waals surface area contributed by atoms with E-state index in [0.717, 1.165) is 12.8 Å². The van der Waals surface area contributed by atoms with Crippen molar-refractivity contribution in [2.24, 2.45) is 10.9 Å². The number of carbonyl (C=O) groups is 3. The average molecular weight is 472 g/mol. The maximum absolute atomic E-state index is 13.2. The Morgan fingerprint density at radius 3 is 2.76 bits per heavy atom. The van der Waals surface area contributed by atoms with Crippen LogP contribution in [-0.4, -0.2) is 51.1 Å². The first-order valence-corrected chi connectivity index (χ1v) is 12.4. The maximum Gasteiger partial charge on any atom is 0.249 e. The molecule has 8 nitrogen and oxygen atoms in total. The summed E-state index contributed by atoms with van der Waals surface area (Å²) in [6.45, 7) is 7.88. The largest absolute Gasteiger partial charge is 0.350 e. The lowest BCUT2D eigenvalue weighted by Crippen LogP contribution is -2.56. The molecule has 1 aromatic rings. The number of nitrogens with one attached hydrogen (secondary N) is 3. The first-order valence-electron chi connectivity index (χ1n) is 11.5. The fourth-order valence-electron chi connectivity index (χ4n) is 3.60. The van der Waals surface area contributed by atoms with E-state index < -0.39 is 17.6 Å². The van der Waals surface area contributed by atoms with E-state index in [4.69, 9.17) is 0 Å². The minimum atomic E-state index is -0.989. The molecule has 0 spiro atoms. The monoisotopic (exact) mass is 471 g/mol. The Labute approximate surface area is 199 Å². The molecule has 3 atom stereocenters. The second-order valence-corrected chi connectivity index (χ2v) is 9.97. The minimum absolute atomic E-state index is 0.102. The van der Waals surface area contributed by atoms with Crippen LogP contribution < -0.4 is 16.0 Å². The third-order valence-electron chi connectivity index (χ3n) is 5.61. The van der Waals surface area contributed by atoms with E-state index >= 15 is 0 Å². The molecule has 3 N–H and O–H groups in total. The lowest BCUT2D eigenvalue weighted by molar-refractivity contribution is -0.132. The van der Waals surface area contributed by atoms with Gasteiger partial charge in [-0.05, 0) is 31.4 Å². The van der Waals surface area contributed by atoms with Gasteiger partial charge < -0.3 is 16.0 Å². The highest BCUT2D eigenvalue weighted by Gasteiger charge is 2.41. The minimum Gasteiger partial charge on any atom is -0.350 e.